The van der Waals surface area contributed by atoms with Crippen LogP contribution in [-0.4, -0.2) is 23.4 Å². The van der Waals surface area contributed by atoms with E-state index in [-0.39, 0.29) is 0 Å². The molecule has 0 amide bonds. The molecule has 3 heteroatoms. The van der Waals surface area contributed by atoms with Crippen LogP contribution in [0.4, 0.5) is 4.39 Å². The summed E-state index contributed by atoms with van der Waals surface area (Å²) in [6.45, 7) is 6.76. The second-order valence-electron chi connectivity index (χ2n) is 6.18. The summed E-state index contributed by atoms with van der Waals surface area (Å²) in [5.74, 6) is 2.77. The van der Waals surface area contributed by atoms with E-state index in [1.807, 2.05) is 0 Å². The number of pyridine rings is 1. The number of rotatable bonds is 9. The number of halogens is 1. The molecule has 0 unspecified atom stereocenters. The first-order chi connectivity index (χ1) is 10.7. The van der Waals surface area contributed by atoms with E-state index >= 15 is 0 Å². The molecule has 1 aromatic heterocycles. The van der Waals surface area contributed by atoms with Gasteiger partial charge in [-0.3, -0.25) is 0 Å². The van der Waals surface area contributed by atoms with Crippen LogP contribution in [0.25, 0.3) is 0 Å². The molecule has 0 aliphatic carbocycles. The van der Waals surface area contributed by atoms with Gasteiger partial charge in [0.05, 0.1) is 0 Å². The molecule has 0 bridgehead atoms. The standard InChI is InChI=1S/C7H3FN.3C4H9.Sn/c1-2-6-4-3-5-9-7(6)8;3*1-3-4-2;/h3-5H;3*1,3-4H2,2H3;. The average molecular weight is 410 g/mol. The quantitative estimate of drug-likeness (QED) is 0.278. The molecule has 0 radical (unpaired) electrons. The van der Waals surface area contributed by atoms with Crippen LogP contribution in [0.1, 0.15) is 64.9 Å². The third-order valence-electron chi connectivity index (χ3n) is 4.25. The molecule has 1 nitrogen and oxygen atoms in total. The van der Waals surface area contributed by atoms with Gasteiger partial charge >= 0.3 is 140 Å². The van der Waals surface area contributed by atoms with Crippen LogP contribution in [0.15, 0.2) is 18.3 Å². The van der Waals surface area contributed by atoms with Gasteiger partial charge < -0.3 is 0 Å². The van der Waals surface area contributed by atoms with Crippen molar-refractivity contribution >= 4 is 18.4 Å². The molecule has 0 spiro atoms. The monoisotopic (exact) mass is 411 g/mol. The van der Waals surface area contributed by atoms with Gasteiger partial charge in [-0.1, -0.05) is 0 Å². The van der Waals surface area contributed by atoms with Gasteiger partial charge in [0.2, 0.25) is 0 Å². The Balaban J connectivity index is 3.02. The van der Waals surface area contributed by atoms with Crippen molar-refractivity contribution in [2.45, 2.75) is 72.6 Å². The van der Waals surface area contributed by atoms with Crippen LogP contribution in [-0.2, 0) is 0 Å². The zero-order chi connectivity index (χ0) is 16.3. The van der Waals surface area contributed by atoms with Crippen LogP contribution >= 0.6 is 0 Å². The minimum atomic E-state index is -2.47. The molecule has 22 heavy (non-hydrogen) atoms. The Bertz CT molecular complexity index is 468. The first-order valence-corrected chi connectivity index (χ1v) is 16.3. The Morgan fingerprint density at radius 3 is 2.00 bits per heavy atom. The SMILES string of the molecule is CCC[CH2][Sn]([C]#Cc1cccnc1F)([CH2]CCC)[CH2]CCC. The van der Waals surface area contributed by atoms with Crippen LogP contribution in [0.3, 0.4) is 0 Å². The molecular formula is C19H30FNSn. The minimum absolute atomic E-state index is 0.420. The van der Waals surface area contributed by atoms with E-state index in [4.69, 9.17) is 0 Å². The molecule has 0 atom stereocenters. The Morgan fingerprint density at radius 1 is 1.00 bits per heavy atom. The van der Waals surface area contributed by atoms with Gasteiger partial charge in [0, 0.05) is 0 Å². The molecule has 122 valence electrons. The van der Waals surface area contributed by atoms with E-state index in [1.165, 1.54) is 58.0 Å². The number of unbranched alkanes of at least 4 members (excludes halogenated alkanes) is 3. The van der Waals surface area contributed by atoms with E-state index in [9.17, 15) is 4.39 Å². The summed E-state index contributed by atoms with van der Waals surface area (Å²) in [7, 11) is 0. The Morgan fingerprint density at radius 2 is 1.55 bits per heavy atom. The van der Waals surface area contributed by atoms with Gasteiger partial charge in [-0.15, -0.1) is 0 Å². The molecule has 0 N–H and O–H groups in total. The first-order valence-electron chi connectivity index (χ1n) is 8.81. The molecule has 0 saturated heterocycles. The second-order valence-corrected chi connectivity index (χ2v) is 18.5. The van der Waals surface area contributed by atoms with Gasteiger partial charge in [-0.25, -0.2) is 0 Å². The van der Waals surface area contributed by atoms with Gasteiger partial charge in [0.25, 0.3) is 0 Å². The Labute approximate surface area is 140 Å². The summed E-state index contributed by atoms with van der Waals surface area (Å²) in [6.07, 6.45) is 9.05. The van der Waals surface area contributed by atoms with Crippen molar-refractivity contribution in [2.75, 3.05) is 0 Å². The maximum absolute atomic E-state index is 13.7. The van der Waals surface area contributed by atoms with Crippen LogP contribution in [0, 0.1) is 15.8 Å². The van der Waals surface area contributed by atoms with E-state index in [2.05, 4.69) is 35.6 Å². The van der Waals surface area contributed by atoms with Crippen molar-refractivity contribution in [1.82, 2.24) is 4.98 Å². The predicted molar refractivity (Wildman–Crippen MR) is 96.0 cm³/mol. The molecule has 0 aromatic carbocycles. The first kappa shape index (κ1) is 19.5. The molecule has 1 rings (SSSR count). The van der Waals surface area contributed by atoms with Crippen molar-refractivity contribution < 1.29 is 4.39 Å². The number of hydrogen-bond donors (Lipinski definition) is 0. The molecule has 0 aliphatic rings. The van der Waals surface area contributed by atoms with E-state index < -0.39 is 24.3 Å². The topological polar surface area (TPSA) is 12.9 Å². The van der Waals surface area contributed by atoms with Crippen LogP contribution in [0.5, 0.6) is 0 Å². The molecule has 1 heterocycles. The fourth-order valence-corrected chi connectivity index (χ4v) is 16.0. The summed E-state index contributed by atoms with van der Waals surface area (Å²) < 4.78 is 21.4. The third kappa shape index (κ3) is 6.69. The second kappa shape index (κ2) is 11.0. The summed E-state index contributed by atoms with van der Waals surface area (Å²) in [5, 5.41) is 0. The van der Waals surface area contributed by atoms with E-state index in [0.717, 1.165) is 0 Å². The van der Waals surface area contributed by atoms with Gasteiger partial charge in [-0.05, 0) is 0 Å². The Hall–Kier alpha value is -0.561. The zero-order valence-corrected chi connectivity index (χ0v) is 17.3. The van der Waals surface area contributed by atoms with Crippen LogP contribution in [0.2, 0.25) is 13.3 Å². The van der Waals surface area contributed by atoms with Crippen LogP contribution < -0.4 is 0 Å². The average Bonchev–Trinajstić information content (AvgIpc) is 2.55. The van der Waals surface area contributed by atoms with E-state index in [0.29, 0.717) is 5.56 Å². The van der Waals surface area contributed by atoms with Gasteiger partial charge in [0.15, 0.2) is 0 Å². The van der Waals surface area contributed by atoms with E-state index in [1.54, 1.807) is 12.1 Å². The summed E-state index contributed by atoms with van der Waals surface area (Å²) >= 11 is -2.47. The van der Waals surface area contributed by atoms with Crippen molar-refractivity contribution in [2.24, 2.45) is 0 Å². The van der Waals surface area contributed by atoms with Crippen molar-refractivity contribution in [3.05, 3.63) is 29.8 Å². The third-order valence-corrected chi connectivity index (χ3v) is 17.3. The number of aromatic nitrogens is 1. The van der Waals surface area contributed by atoms with Gasteiger partial charge in [-0.2, -0.15) is 0 Å². The summed E-state index contributed by atoms with van der Waals surface area (Å²) in [5.41, 5.74) is 0.480. The molecule has 0 aliphatic heterocycles. The molecule has 0 fully saturated rings. The van der Waals surface area contributed by atoms with Gasteiger partial charge in [0.1, 0.15) is 0 Å². The fourth-order valence-electron chi connectivity index (χ4n) is 2.79. The Kier molecular flexibility index (Phi) is 9.79. The number of nitrogens with zero attached hydrogens (tertiary/aromatic N) is 1. The molecular weight excluding hydrogens is 380 g/mol. The molecule has 0 saturated carbocycles. The van der Waals surface area contributed by atoms with Crippen molar-refractivity contribution in [1.29, 1.82) is 0 Å². The molecule has 1 aromatic rings. The predicted octanol–water partition coefficient (Wildman–Crippen LogP) is 5.96. The normalized spacial score (nSPS) is 11.1. The zero-order valence-electron chi connectivity index (χ0n) is 14.4. The number of hydrogen-bond acceptors (Lipinski definition) is 1. The van der Waals surface area contributed by atoms with Crippen molar-refractivity contribution in [3.8, 4) is 9.86 Å². The fraction of sp³-hybridized carbons (Fsp3) is 0.632. The summed E-state index contributed by atoms with van der Waals surface area (Å²) in [6, 6.07) is 3.53. The summed E-state index contributed by atoms with van der Waals surface area (Å²) in [4.78, 5) is 3.72. The maximum atomic E-state index is 13.7. The van der Waals surface area contributed by atoms with Crippen molar-refractivity contribution in [3.63, 3.8) is 0 Å².